The van der Waals surface area contributed by atoms with E-state index in [2.05, 4.69) is 0 Å². The van der Waals surface area contributed by atoms with Crippen molar-refractivity contribution in [3.63, 3.8) is 0 Å². The molecular formula is C17H16F4N2O2S. The van der Waals surface area contributed by atoms with E-state index in [1.165, 1.54) is 28.6 Å². The monoisotopic (exact) mass is 388 g/mol. The first-order valence-corrected chi connectivity index (χ1v) is 9.30. The standard InChI is InChI=1S/C17H16F4N2O2S/c18-14-3-7-16(8-4-14)26(24,25)23-11-9-22(10-12-23)15-5-1-13(2-6-15)17(19,20)21/h1-8H,9-12H2. The number of halogens is 4. The van der Waals surface area contributed by atoms with Gasteiger partial charge in [-0.05, 0) is 48.5 Å². The molecule has 2 aromatic rings. The summed E-state index contributed by atoms with van der Waals surface area (Å²) in [5.74, 6) is -0.518. The van der Waals surface area contributed by atoms with Crippen molar-refractivity contribution < 1.29 is 26.0 Å². The van der Waals surface area contributed by atoms with Crippen LogP contribution >= 0.6 is 0 Å². The molecule has 0 saturated carbocycles. The summed E-state index contributed by atoms with van der Waals surface area (Å²) in [6.45, 7) is 1.10. The first-order chi connectivity index (χ1) is 12.2. The van der Waals surface area contributed by atoms with E-state index in [9.17, 15) is 26.0 Å². The van der Waals surface area contributed by atoms with E-state index in [1.54, 1.807) is 0 Å². The van der Waals surface area contributed by atoms with Crippen molar-refractivity contribution in [2.24, 2.45) is 0 Å². The Labute approximate surface area is 148 Å². The molecule has 1 fully saturated rings. The molecule has 0 aliphatic carbocycles. The number of benzene rings is 2. The molecule has 1 heterocycles. The molecule has 1 aliphatic rings. The summed E-state index contributed by atoms with van der Waals surface area (Å²) in [6.07, 6.45) is -4.39. The number of sulfonamides is 1. The van der Waals surface area contributed by atoms with E-state index in [4.69, 9.17) is 0 Å². The highest BCUT2D eigenvalue weighted by molar-refractivity contribution is 7.89. The van der Waals surface area contributed by atoms with Crippen LogP contribution in [0.2, 0.25) is 0 Å². The zero-order chi connectivity index (χ0) is 18.9. The zero-order valence-electron chi connectivity index (χ0n) is 13.6. The van der Waals surface area contributed by atoms with Crippen molar-refractivity contribution in [1.82, 2.24) is 4.31 Å². The van der Waals surface area contributed by atoms with Gasteiger partial charge in [-0.3, -0.25) is 0 Å². The van der Waals surface area contributed by atoms with E-state index in [0.717, 1.165) is 24.3 Å². The number of nitrogens with zero attached hydrogens (tertiary/aromatic N) is 2. The number of hydrogen-bond donors (Lipinski definition) is 0. The smallest absolute Gasteiger partial charge is 0.369 e. The predicted octanol–water partition coefficient (Wildman–Crippen LogP) is 3.36. The average molecular weight is 388 g/mol. The van der Waals surface area contributed by atoms with Crippen LogP contribution in [0.5, 0.6) is 0 Å². The summed E-state index contributed by atoms with van der Waals surface area (Å²) in [5, 5.41) is 0. The summed E-state index contributed by atoms with van der Waals surface area (Å²) in [6, 6.07) is 9.39. The maximum Gasteiger partial charge on any atom is 0.416 e. The molecule has 0 N–H and O–H groups in total. The Hall–Kier alpha value is -2.13. The predicted molar refractivity (Wildman–Crippen MR) is 88.8 cm³/mol. The third kappa shape index (κ3) is 3.83. The van der Waals surface area contributed by atoms with Gasteiger partial charge in [0.1, 0.15) is 5.82 Å². The molecule has 0 atom stereocenters. The van der Waals surface area contributed by atoms with Crippen molar-refractivity contribution in [1.29, 1.82) is 0 Å². The molecule has 0 spiro atoms. The normalized spacial score (nSPS) is 16.7. The fourth-order valence-corrected chi connectivity index (χ4v) is 4.23. The van der Waals surface area contributed by atoms with Gasteiger partial charge < -0.3 is 4.90 Å². The maximum absolute atomic E-state index is 13.0. The first-order valence-electron chi connectivity index (χ1n) is 7.86. The topological polar surface area (TPSA) is 40.6 Å². The highest BCUT2D eigenvalue weighted by Crippen LogP contribution is 2.31. The highest BCUT2D eigenvalue weighted by atomic mass is 32.2. The molecule has 0 aromatic heterocycles. The Morgan fingerprint density at radius 2 is 1.35 bits per heavy atom. The molecule has 3 rings (SSSR count). The summed E-state index contributed by atoms with van der Waals surface area (Å²) < 4.78 is 77.2. The minimum absolute atomic E-state index is 0.0156. The van der Waals surface area contributed by atoms with E-state index < -0.39 is 27.6 Å². The maximum atomic E-state index is 13.0. The van der Waals surface area contributed by atoms with Crippen molar-refractivity contribution in [2.75, 3.05) is 31.1 Å². The molecule has 0 radical (unpaired) electrons. The number of piperazine rings is 1. The summed E-state index contributed by atoms with van der Waals surface area (Å²) >= 11 is 0. The summed E-state index contributed by atoms with van der Waals surface area (Å²) in [7, 11) is -3.72. The van der Waals surface area contributed by atoms with Crippen LogP contribution in [0.4, 0.5) is 23.2 Å². The molecule has 1 aliphatic heterocycles. The van der Waals surface area contributed by atoms with Gasteiger partial charge in [0.25, 0.3) is 0 Å². The lowest BCUT2D eigenvalue weighted by Crippen LogP contribution is -2.48. The van der Waals surface area contributed by atoms with Gasteiger partial charge in [0, 0.05) is 31.9 Å². The molecule has 140 valence electrons. The molecule has 9 heteroatoms. The van der Waals surface area contributed by atoms with Gasteiger partial charge in [0.2, 0.25) is 10.0 Å². The summed E-state index contributed by atoms with van der Waals surface area (Å²) in [4.78, 5) is 1.85. The lowest BCUT2D eigenvalue weighted by atomic mass is 10.2. The second-order valence-electron chi connectivity index (χ2n) is 5.89. The van der Waals surface area contributed by atoms with Crippen LogP contribution in [0, 0.1) is 5.82 Å². The van der Waals surface area contributed by atoms with Crippen LogP contribution in [-0.4, -0.2) is 38.9 Å². The van der Waals surface area contributed by atoms with Gasteiger partial charge in [0.05, 0.1) is 10.5 Å². The van der Waals surface area contributed by atoms with Gasteiger partial charge in [-0.2, -0.15) is 17.5 Å². The van der Waals surface area contributed by atoms with Crippen LogP contribution in [0.15, 0.2) is 53.4 Å². The SMILES string of the molecule is O=S(=O)(c1ccc(F)cc1)N1CCN(c2ccc(C(F)(F)F)cc2)CC1. The van der Waals surface area contributed by atoms with Gasteiger partial charge >= 0.3 is 6.18 Å². The number of anilines is 1. The third-order valence-corrected chi connectivity index (χ3v) is 6.16. The molecule has 4 nitrogen and oxygen atoms in total. The van der Waals surface area contributed by atoms with E-state index in [-0.39, 0.29) is 18.0 Å². The van der Waals surface area contributed by atoms with Gasteiger partial charge in [-0.25, -0.2) is 12.8 Å². The lowest BCUT2D eigenvalue weighted by Gasteiger charge is -2.35. The van der Waals surface area contributed by atoms with Crippen molar-refractivity contribution >= 4 is 15.7 Å². The largest absolute Gasteiger partial charge is 0.416 e. The quantitative estimate of drug-likeness (QED) is 0.758. The Balaban J connectivity index is 1.68. The molecule has 0 amide bonds. The fourth-order valence-electron chi connectivity index (χ4n) is 2.80. The molecule has 26 heavy (non-hydrogen) atoms. The second kappa shape index (κ2) is 6.88. The van der Waals surface area contributed by atoms with Gasteiger partial charge in [0.15, 0.2) is 0 Å². The Morgan fingerprint density at radius 3 is 1.85 bits per heavy atom. The van der Waals surface area contributed by atoms with Crippen molar-refractivity contribution in [3.05, 3.63) is 59.9 Å². The number of hydrogen-bond acceptors (Lipinski definition) is 3. The number of rotatable bonds is 3. The molecular weight excluding hydrogens is 372 g/mol. The zero-order valence-corrected chi connectivity index (χ0v) is 14.4. The minimum Gasteiger partial charge on any atom is -0.369 e. The van der Waals surface area contributed by atoms with E-state index in [1.807, 2.05) is 4.90 Å². The van der Waals surface area contributed by atoms with Gasteiger partial charge in [-0.1, -0.05) is 0 Å². The Kier molecular flexibility index (Phi) is 4.94. The second-order valence-corrected chi connectivity index (χ2v) is 7.83. The van der Waals surface area contributed by atoms with E-state index >= 15 is 0 Å². The summed E-state index contributed by atoms with van der Waals surface area (Å²) in [5.41, 5.74) is -0.115. The van der Waals surface area contributed by atoms with Crippen LogP contribution in [-0.2, 0) is 16.2 Å². The first kappa shape index (κ1) is 18.7. The van der Waals surface area contributed by atoms with Crippen molar-refractivity contribution in [3.8, 4) is 0 Å². The van der Waals surface area contributed by atoms with E-state index in [0.29, 0.717) is 18.8 Å². The van der Waals surface area contributed by atoms with Crippen LogP contribution < -0.4 is 4.90 Å². The average Bonchev–Trinajstić information content (AvgIpc) is 2.62. The molecule has 0 bridgehead atoms. The Morgan fingerprint density at radius 1 is 0.808 bits per heavy atom. The van der Waals surface area contributed by atoms with Crippen LogP contribution in [0.1, 0.15) is 5.56 Å². The van der Waals surface area contributed by atoms with Crippen molar-refractivity contribution in [2.45, 2.75) is 11.1 Å². The lowest BCUT2D eigenvalue weighted by molar-refractivity contribution is -0.137. The minimum atomic E-state index is -4.39. The fraction of sp³-hybridized carbons (Fsp3) is 0.294. The third-order valence-electron chi connectivity index (χ3n) is 4.25. The molecule has 0 unspecified atom stereocenters. The van der Waals surface area contributed by atoms with Crippen LogP contribution in [0.25, 0.3) is 0 Å². The molecule has 1 saturated heterocycles. The molecule has 2 aromatic carbocycles. The van der Waals surface area contributed by atoms with Crippen LogP contribution in [0.3, 0.4) is 0 Å². The Bertz CT molecular complexity index is 857. The van der Waals surface area contributed by atoms with Gasteiger partial charge in [-0.15, -0.1) is 0 Å². The number of alkyl halides is 3. The highest BCUT2D eigenvalue weighted by Gasteiger charge is 2.31.